The second-order valence-corrected chi connectivity index (χ2v) is 5.48. The van der Waals surface area contributed by atoms with E-state index in [1.54, 1.807) is 59.7 Å². The largest absolute Gasteiger partial charge is 0.370 e. The van der Waals surface area contributed by atoms with Gasteiger partial charge in [0.25, 0.3) is 0 Å². The molecule has 1 amide bonds. The number of carbonyl (C=O) groups is 1. The summed E-state index contributed by atoms with van der Waals surface area (Å²) < 4.78 is 14.0. The summed E-state index contributed by atoms with van der Waals surface area (Å²) in [6, 6.07) is 13.6. The molecule has 0 fully saturated rings. The number of carbonyl (C=O) groups excluding carboxylic acids is 1. The molecule has 1 heterocycles. The Morgan fingerprint density at radius 1 is 1.21 bits per heavy atom. The Balaban J connectivity index is 1.96. The van der Waals surface area contributed by atoms with Crippen LogP contribution in [0.1, 0.15) is 12.5 Å². The molecule has 2 aromatic carbocycles. The molecule has 1 aliphatic heterocycles. The van der Waals surface area contributed by atoms with Gasteiger partial charge < -0.3 is 15.3 Å². The number of anilines is 2. The molecule has 1 atom stereocenters. The summed E-state index contributed by atoms with van der Waals surface area (Å²) in [4.78, 5) is 12.8. The number of allylic oxidation sites excluding steroid dienone is 2. The standard InChI is InChI=1S/C19H17FN2O2/c1-13(23)21-15-5-4-6-16(11-15)22-12-14(9-10-19(22)24)17-7-2-3-8-18(17)20/h2-12,19,24H,1H3,(H,21,23). The summed E-state index contributed by atoms with van der Waals surface area (Å²) >= 11 is 0. The van der Waals surface area contributed by atoms with Gasteiger partial charge in [-0.15, -0.1) is 0 Å². The van der Waals surface area contributed by atoms with Gasteiger partial charge in [-0.25, -0.2) is 4.39 Å². The Labute approximate surface area is 139 Å². The molecular formula is C19H17FN2O2. The Kier molecular flexibility index (Phi) is 4.44. The van der Waals surface area contributed by atoms with Crippen molar-refractivity contribution in [2.24, 2.45) is 0 Å². The van der Waals surface area contributed by atoms with Gasteiger partial charge in [-0.2, -0.15) is 0 Å². The van der Waals surface area contributed by atoms with E-state index >= 15 is 0 Å². The fourth-order valence-electron chi connectivity index (χ4n) is 2.58. The molecule has 4 nitrogen and oxygen atoms in total. The number of hydrogen-bond donors (Lipinski definition) is 2. The molecule has 1 unspecified atom stereocenters. The maximum Gasteiger partial charge on any atom is 0.221 e. The van der Waals surface area contributed by atoms with Crippen molar-refractivity contribution in [1.29, 1.82) is 0 Å². The summed E-state index contributed by atoms with van der Waals surface area (Å²) in [6.07, 6.45) is 4.10. The third-order valence-corrected chi connectivity index (χ3v) is 3.66. The molecule has 3 rings (SSSR count). The third kappa shape index (κ3) is 3.36. The van der Waals surface area contributed by atoms with Gasteiger partial charge in [-0.05, 0) is 30.3 Å². The number of benzene rings is 2. The van der Waals surface area contributed by atoms with Crippen molar-refractivity contribution in [3.63, 3.8) is 0 Å². The molecule has 0 aliphatic carbocycles. The van der Waals surface area contributed by atoms with E-state index in [4.69, 9.17) is 0 Å². The van der Waals surface area contributed by atoms with Crippen LogP contribution in [-0.2, 0) is 4.79 Å². The molecule has 2 N–H and O–H groups in total. The van der Waals surface area contributed by atoms with E-state index in [9.17, 15) is 14.3 Å². The average molecular weight is 324 g/mol. The highest BCUT2D eigenvalue weighted by Gasteiger charge is 2.18. The molecular weight excluding hydrogens is 307 g/mol. The zero-order valence-corrected chi connectivity index (χ0v) is 13.1. The van der Waals surface area contributed by atoms with Crippen molar-refractivity contribution in [2.75, 3.05) is 10.2 Å². The van der Waals surface area contributed by atoms with Crippen LogP contribution < -0.4 is 10.2 Å². The predicted molar refractivity (Wildman–Crippen MR) is 92.7 cm³/mol. The lowest BCUT2D eigenvalue weighted by atomic mass is 10.0. The van der Waals surface area contributed by atoms with Crippen LogP contribution in [0.2, 0.25) is 0 Å². The number of rotatable bonds is 3. The van der Waals surface area contributed by atoms with Crippen molar-refractivity contribution in [1.82, 2.24) is 0 Å². The van der Waals surface area contributed by atoms with E-state index in [2.05, 4.69) is 5.32 Å². The smallest absolute Gasteiger partial charge is 0.221 e. The van der Waals surface area contributed by atoms with Crippen LogP contribution >= 0.6 is 0 Å². The van der Waals surface area contributed by atoms with Crippen LogP contribution in [0.3, 0.4) is 0 Å². The van der Waals surface area contributed by atoms with E-state index < -0.39 is 6.23 Å². The summed E-state index contributed by atoms with van der Waals surface area (Å²) in [7, 11) is 0. The van der Waals surface area contributed by atoms with Crippen LogP contribution in [-0.4, -0.2) is 17.2 Å². The highest BCUT2D eigenvalue weighted by molar-refractivity contribution is 5.89. The van der Waals surface area contributed by atoms with Crippen LogP contribution in [0.5, 0.6) is 0 Å². The molecule has 122 valence electrons. The molecule has 24 heavy (non-hydrogen) atoms. The maximum absolute atomic E-state index is 14.0. The monoisotopic (exact) mass is 324 g/mol. The number of halogens is 1. The van der Waals surface area contributed by atoms with Gasteiger partial charge in [0.2, 0.25) is 5.91 Å². The lowest BCUT2D eigenvalue weighted by Gasteiger charge is -2.29. The zero-order valence-electron chi connectivity index (χ0n) is 13.1. The minimum absolute atomic E-state index is 0.172. The highest BCUT2D eigenvalue weighted by atomic mass is 19.1. The summed E-state index contributed by atoms with van der Waals surface area (Å²) in [5.41, 5.74) is 2.43. The van der Waals surface area contributed by atoms with E-state index in [0.29, 0.717) is 22.5 Å². The van der Waals surface area contributed by atoms with E-state index in [1.807, 2.05) is 6.07 Å². The Morgan fingerprint density at radius 3 is 2.75 bits per heavy atom. The molecule has 5 heteroatoms. The first-order chi connectivity index (χ1) is 11.5. The Hall–Kier alpha value is -2.92. The number of aliphatic hydroxyl groups excluding tert-OH is 1. The lowest BCUT2D eigenvalue weighted by molar-refractivity contribution is -0.114. The van der Waals surface area contributed by atoms with Crippen molar-refractivity contribution in [3.8, 4) is 0 Å². The molecule has 0 bridgehead atoms. The number of nitrogens with one attached hydrogen (secondary N) is 1. The normalized spacial score (nSPS) is 16.7. The first-order valence-corrected chi connectivity index (χ1v) is 7.53. The van der Waals surface area contributed by atoms with Gasteiger partial charge in [-0.1, -0.05) is 30.3 Å². The van der Waals surface area contributed by atoms with Crippen molar-refractivity contribution >= 4 is 22.9 Å². The van der Waals surface area contributed by atoms with Crippen LogP contribution in [0.15, 0.2) is 66.9 Å². The number of hydrogen-bond acceptors (Lipinski definition) is 3. The quantitative estimate of drug-likeness (QED) is 0.908. The SMILES string of the molecule is CC(=O)Nc1cccc(N2C=C(c3ccccc3F)C=CC2O)c1. The second kappa shape index (κ2) is 6.68. The highest BCUT2D eigenvalue weighted by Crippen LogP contribution is 2.29. The fourth-order valence-corrected chi connectivity index (χ4v) is 2.58. The molecule has 0 saturated carbocycles. The minimum Gasteiger partial charge on any atom is -0.370 e. The molecule has 2 aromatic rings. The van der Waals surface area contributed by atoms with Crippen molar-refractivity contribution < 1.29 is 14.3 Å². The Morgan fingerprint density at radius 2 is 2.00 bits per heavy atom. The molecule has 0 spiro atoms. The summed E-state index contributed by atoms with van der Waals surface area (Å²) in [6.45, 7) is 1.43. The van der Waals surface area contributed by atoms with Crippen molar-refractivity contribution in [3.05, 3.63) is 78.3 Å². The Bertz CT molecular complexity index is 830. The lowest BCUT2D eigenvalue weighted by Crippen LogP contribution is -2.30. The summed E-state index contributed by atoms with van der Waals surface area (Å²) in [5, 5.41) is 12.9. The third-order valence-electron chi connectivity index (χ3n) is 3.66. The molecule has 0 radical (unpaired) electrons. The van der Waals surface area contributed by atoms with Crippen molar-refractivity contribution in [2.45, 2.75) is 13.2 Å². The second-order valence-electron chi connectivity index (χ2n) is 5.48. The van der Waals surface area contributed by atoms with E-state index in [1.165, 1.54) is 13.0 Å². The first kappa shape index (κ1) is 16.0. The van der Waals surface area contributed by atoms with Crippen LogP contribution in [0, 0.1) is 5.82 Å². The topological polar surface area (TPSA) is 52.6 Å². The van der Waals surface area contributed by atoms with Gasteiger partial charge in [0.05, 0.1) is 0 Å². The molecule has 0 saturated heterocycles. The number of amides is 1. The number of aliphatic hydroxyl groups is 1. The number of nitrogens with zero attached hydrogens (tertiary/aromatic N) is 1. The van der Waals surface area contributed by atoms with E-state index in [0.717, 1.165) is 0 Å². The van der Waals surface area contributed by atoms with Gasteiger partial charge >= 0.3 is 0 Å². The van der Waals surface area contributed by atoms with Crippen LogP contribution in [0.4, 0.5) is 15.8 Å². The minimum atomic E-state index is -0.867. The maximum atomic E-state index is 14.0. The molecule has 0 aromatic heterocycles. The molecule has 1 aliphatic rings. The predicted octanol–water partition coefficient (Wildman–Crippen LogP) is 3.52. The van der Waals surface area contributed by atoms with Gasteiger partial charge in [0.1, 0.15) is 12.0 Å². The summed E-state index contributed by atoms with van der Waals surface area (Å²) in [5.74, 6) is -0.495. The zero-order chi connectivity index (χ0) is 17.1. The van der Waals surface area contributed by atoms with Crippen LogP contribution in [0.25, 0.3) is 5.57 Å². The van der Waals surface area contributed by atoms with Gasteiger partial charge in [0.15, 0.2) is 0 Å². The van der Waals surface area contributed by atoms with Gasteiger partial charge in [0, 0.05) is 35.6 Å². The average Bonchev–Trinajstić information content (AvgIpc) is 2.56. The fraction of sp³-hybridized carbons (Fsp3) is 0.105. The van der Waals surface area contributed by atoms with Gasteiger partial charge in [-0.3, -0.25) is 4.79 Å². The first-order valence-electron chi connectivity index (χ1n) is 7.53. The van der Waals surface area contributed by atoms with E-state index in [-0.39, 0.29) is 11.7 Å².